The van der Waals surface area contributed by atoms with Gasteiger partial charge in [0.25, 0.3) is 0 Å². The van der Waals surface area contributed by atoms with Crippen molar-refractivity contribution in [3.8, 4) is 0 Å². The molecule has 0 aromatic heterocycles. The van der Waals surface area contributed by atoms with Crippen LogP contribution in [0.4, 0.5) is 18.9 Å². The molecule has 0 aliphatic heterocycles. The maximum atomic E-state index is 13.0. The zero-order chi connectivity index (χ0) is 20.4. The van der Waals surface area contributed by atoms with Gasteiger partial charge in [-0.2, -0.15) is 17.5 Å². The van der Waals surface area contributed by atoms with Gasteiger partial charge in [-0.3, -0.25) is 4.79 Å². The molecular weight excluding hydrogens is 405 g/mol. The summed E-state index contributed by atoms with van der Waals surface area (Å²) < 4.78 is 63.6. The minimum absolute atomic E-state index is 0.153. The van der Waals surface area contributed by atoms with Gasteiger partial charge in [0, 0.05) is 12.7 Å². The van der Waals surface area contributed by atoms with E-state index in [1.807, 2.05) is 0 Å². The maximum Gasteiger partial charge on any atom is 0.417 e. The van der Waals surface area contributed by atoms with Crippen molar-refractivity contribution in [3.63, 3.8) is 0 Å². The van der Waals surface area contributed by atoms with Gasteiger partial charge in [0.2, 0.25) is 15.9 Å². The first-order chi connectivity index (χ1) is 12.4. The number of carbonyl (C=O) groups excluding carboxylic acids is 1. The van der Waals surface area contributed by atoms with Crippen LogP contribution in [0.15, 0.2) is 48.5 Å². The summed E-state index contributed by atoms with van der Waals surface area (Å²) >= 11 is 5.57. The molecule has 0 radical (unpaired) electrons. The average molecular weight is 421 g/mol. The van der Waals surface area contributed by atoms with Gasteiger partial charge in [-0.1, -0.05) is 41.9 Å². The Morgan fingerprint density at radius 2 is 1.74 bits per heavy atom. The predicted octanol–water partition coefficient (Wildman–Crippen LogP) is 3.93. The molecule has 146 valence electrons. The molecule has 0 fully saturated rings. The van der Waals surface area contributed by atoms with Gasteiger partial charge in [-0.25, -0.2) is 8.42 Å². The van der Waals surface area contributed by atoms with Gasteiger partial charge in [0.15, 0.2) is 0 Å². The molecule has 2 rings (SSSR count). The van der Waals surface area contributed by atoms with E-state index in [2.05, 4.69) is 5.32 Å². The van der Waals surface area contributed by atoms with Crippen LogP contribution < -0.4 is 5.32 Å². The summed E-state index contributed by atoms with van der Waals surface area (Å²) in [4.78, 5) is 12.7. The average Bonchev–Trinajstić information content (AvgIpc) is 2.56. The Morgan fingerprint density at radius 3 is 2.26 bits per heavy atom. The molecule has 0 spiro atoms. The van der Waals surface area contributed by atoms with E-state index in [0.29, 0.717) is 11.6 Å². The van der Waals surface area contributed by atoms with Crippen molar-refractivity contribution >= 4 is 33.2 Å². The Bertz CT molecular complexity index is 934. The van der Waals surface area contributed by atoms with Crippen LogP contribution in [-0.2, 0) is 21.0 Å². The van der Waals surface area contributed by atoms with E-state index in [1.54, 1.807) is 30.3 Å². The van der Waals surface area contributed by atoms with Crippen molar-refractivity contribution in [1.29, 1.82) is 0 Å². The van der Waals surface area contributed by atoms with Crippen molar-refractivity contribution in [1.82, 2.24) is 4.31 Å². The van der Waals surface area contributed by atoms with Crippen LogP contribution in [-0.4, -0.2) is 31.9 Å². The maximum absolute atomic E-state index is 13.0. The van der Waals surface area contributed by atoms with E-state index >= 15 is 0 Å². The smallest absolute Gasteiger partial charge is 0.324 e. The van der Waals surface area contributed by atoms with E-state index in [9.17, 15) is 26.4 Å². The third-order valence-electron chi connectivity index (χ3n) is 3.79. The van der Waals surface area contributed by atoms with Crippen molar-refractivity contribution in [2.24, 2.45) is 0 Å². The number of rotatable bonds is 5. The Labute approximate surface area is 159 Å². The number of amides is 1. The molecule has 0 saturated carbocycles. The lowest BCUT2D eigenvalue weighted by Gasteiger charge is -2.25. The lowest BCUT2D eigenvalue weighted by atomic mass is 10.1. The van der Waals surface area contributed by atoms with Gasteiger partial charge in [0.05, 0.1) is 16.8 Å². The van der Waals surface area contributed by atoms with Crippen molar-refractivity contribution in [3.05, 3.63) is 64.7 Å². The van der Waals surface area contributed by atoms with Crippen LogP contribution >= 0.6 is 11.6 Å². The fourth-order valence-electron chi connectivity index (χ4n) is 2.38. The Balaban J connectivity index is 2.40. The molecule has 10 heteroatoms. The Kier molecular flexibility index (Phi) is 6.18. The summed E-state index contributed by atoms with van der Waals surface area (Å²) in [6.45, 7) is 0. The number of benzene rings is 2. The number of carbonyl (C=O) groups is 1. The first-order valence-electron chi connectivity index (χ1n) is 7.57. The minimum atomic E-state index is -4.69. The highest BCUT2D eigenvalue weighted by Gasteiger charge is 2.34. The lowest BCUT2D eigenvalue weighted by molar-refractivity contribution is -0.137. The second-order valence-electron chi connectivity index (χ2n) is 5.77. The van der Waals surface area contributed by atoms with E-state index < -0.39 is 38.7 Å². The molecule has 0 heterocycles. The van der Waals surface area contributed by atoms with Crippen LogP contribution in [0.1, 0.15) is 17.2 Å². The fraction of sp³-hybridized carbons (Fsp3) is 0.235. The first-order valence-corrected chi connectivity index (χ1v) is 9.79. The normalized spacial score (nSPS) is 13.4. The molecule has 1 N–H and O–H groups in total. The van der Waals surface area contributed by atoms with E-state index in [1.165, 1.54) is 13.1 Å². The largest absolute Gasteiger partial charge is 0.417 e. The summed E-state index contributed by atoms with van der Waals surface area (Å²) in [6.07, 6.45) is -3.76. The molecule has 5 nitrogen and oxygen atoms in total. The molecule has 2 aromatic carbocycles. The van der Waals surface area contributed by atoms with Crippen LogP contribution in [0.3, 0.4) is 0 Å². The van der Waals surface area contributed by atoms with Gasteiger partial charge >= 0.3 is 6.18 Å². The molecule has 1 atom stereocenters. The quantitative estimate of drug-likeness (QED) is 0.797. The number of nitrogens with zero attached hydrogens (tertiary/aromatic N) is 1. The van der Waals surface area contributed by atoms with E-state index in [4.69, 9.17) is 11.6 Å². The minimum Gasteiger partial charge on any atom is -0.324 e. The summed E-state index contributed by atoms with van der Waals surface area (Å²) in [5.41, 5.74) is -0.887. The molecule has 0 saturated heterocycles. The highest BCUT2D eigenvalue weighted by Crippen LogP contribution is 2.36. The summed E-state index contributed by atoms with van der Waals surface area (Å²) in [5.74, 6) is -0.801. The monoisotopic (exact) mass is 420 g/mol. The van der Waals surface area contributed by atoms with Crippen molar-refractivity contribution in [2.45, 2.75) is 12.2 Å². The molecule has 0 bridgehead atoms. The lowest BCUT2D eigenvalue weighted by Crippen LogP contribution is -2.38. The van der Waals surface area contributed by atoms with E-state index in [0.717, 1.165) is 16.6 Å². The number of nitrogens with one attached hydrogen (secondary N) is 1. The highest BCUT2D eigenvalue weighted by molar-refractivity contribution is 7.88. The predicted molar refractivity (Wildman–Crippen MR) is 96.9 cm³/mol. The number of alkyl halides is 3. The zero-order valence-electron chi connectivity index (χ0n) is 14.3. The number of hydrogen-bond donors (Lipinski definition) is 1. The van der Waals surface area contributed by atoms with Crippen LogP contribution in [0.5, 0.6) is 0 Å². The molecule has 1 amide bonds. The highest BCUT2D eigenvalue weighted by atomic mass is 35.5. The molecule has 2 aromatic rings. The standard InChI is InChI=1S/C17H16ClF3N2O3S/c1-23(27(2,25)26)15(11-6-4-3-5-7-11)16(24)22-12-8-9-14(18)13(10-12)17(19,20)21/h3-10,15H,1-2H3,(H,22,24)/t15-/m1/s1. The molecule has 0 aliphatic carbocycles. The van der Waals surface area contributed by atoms with Crippen LogP contribution in [0.25, 0.3) is 0 Å². The van der Waals surface area contributed by atoms with Gasteiger partial charge in [0.1, 0.15) is 6.04 Å². The number of likely N-dealkylation sites (N-methyl/N-ethyl adjacent to an activating group) is 1. The number of sulfonamides is 1. The number of halogens is 4. The second-order valence-corrected chi connectivity index (χ2v) is 8.22. The Morgan fingerprint density at radius 1 is 1.15 bits per heavy atom. The molecule has 0 aliphatic rings. The summed E-state index contributed by atoms with van der Waals surface area (Å²) in [5, 5.41) is 1.82. The van der Waals surface area contributed by atoms with Crippen molar-refractivity contribution < 1.29 is 26.4 Å². The van der Waals surface area contributed by atoms with Crippen molar-refractivity contribution in [2.75, 3.05) is 18.6 Å². The second kappa shape index (κ2) is 7.87. The number of anilines is 1. The third kappa shape index (κ3) is 5.21. The molecule has 0 unspecified atom stereocenters. The molecular formula is C17H16ClF3N2O3S. The van der Waals surface area contributed by atoms with Gasteiger partial charge < -0.3 is 5.32 Å². The van der Waals surface area contributed by atoms with Gasteiger partial charge in [-0.15, -0.1) is 0 Å². The SMILES string of the molecule is CN([C@@H](C(=O)Nc1ccc(Cl)c(C(F)(F)F)c1)c1ccccc1)S(C)(=O)=O. The molecule has 27 heavy (non-hydrogen) atoms. The summed E-state index contributed by atoms with van der Waals surface area (Å²) in [6, 6.07) is 9.69. The van der Waals surface area contributed by atoms with Crippen LogP contribution in [0, 0.1) is 0 Å². The first kappa shape index (κ1) is 21.2. The van der Waals surface area contributed by atoms with E-state index in [-0.39, 0.29) is 5.69 Å². The third-order valence-corrected chi connectivity index (χ3v) is 5.38. The Hall–Kier alpha value is -2.10. The summed E-state index contributed by atoms with van der Waals surface area (Å²) in [7, 11) is -2.54. The fourth-order valence-corrected chi connectivity index (χ4v) is 3.21. The van der Waals surface area contributed by atoms with Crippen LogP contribution in [0.2, 0.25) is 5.02 Å². The number of hydrogen-bond acceptors (Lipinski definition) is 3. The topological polar surface area (TPSA) is 66.5 Å². The zero-order valence-corrected chi connectivity index (χ0v) is 15.9. The van der Waals surface area contributed by atoms with Gasteiger partial charge in [-0.05, 0) is 23.8 Å².